The number of thiazole rings is 1. The van der Waals surface area contributed by atoms with Crippen molar-refractivity contribution in [3.63, 3.8) is 0 Å². The molecule has 5 aromatic rings. The van der Waals surface area contributed by atoms with Gasteiger partial charge in [0.1, 0.15) is 12.6 Å². The van der Waals surface area contributed by atoms with Gasteiger partial charge >= 0.3 is 0 Å². The fraction of sp³-hybridized carbons (Fsp3) is 0.188. The van der Waals surface area contributed by atoms with E-state index in [4.69, 9.17) is 9.47 Å². The summed E-state index contributed by atoms with van der Waals surface area (Å²) in [7, 11) is 1.57. The molecule has 2 N–H and O–H groups in total. The molecule has 0 aliphatic heterocycles. The van der Waals surface area contributed by atoms with Crippen LogP contribution in [0, 0.1) is 12.7 Å². The van der Waals surface area contributed by atoms with Gasteiger partial charge in [-0.25, -0.2) is 19.3 Å². The number of halogens is 1. The minimum Gasteiger partial charge on any atom is -0.359 e. The Morgan fingerprint density at radius 1 is 1.02 bits per heavy atom. The molecule has 0 aliphatic rings. The van der Waals surface area contributed by atoms with E-state index in [1.165, 1.54) is 29.3 Å². The Labute approximate surface area is 257 Å². The summed E-state index contributed by atoms with van der Waals surface area (Å²) >= 11 is 2.55. The number of hydrogen-bond donors (Lipinski definition) is 2. The molecule has 0 saturated heterocycles. The molecule has 2 aromatic carbocycles. The molecule has 11 heteroatoms. The number of carbonyl (C=O) groups is 1. The predicted molar refractivity (Wildman–Crippen MR) is 166 cm³/mol. The van der Waals surface area contributed by atoms with Crippen molar-refractivity contribution in [3.05, 3.63) is 125 Å². The van der Waals surface area contributed by atoms with E-state index in [1.54, 1.807) is 25.6 Å². The van der Waals surface area contributed by atoms with Crippen molar-refractivity contribution in [1.82, 2.24) is 20.3 Å². The normalized spacial score (nSPS) is 11.7. The number of amides is 1. The fourth-order valence-electron chi connectivity index (χ4n) is 4.46. The molecule has 220 valence electrons. The summed E-state index contributed by atoms with van der Waals surface area (Å²) in [5, 5.41) is 6.71. The number of aryl methyl sites for hydroxylation is 1. The van der Waals surface area contributed by atoms with E-state index in [0.29, 0.717) is 17.6 Å². The van der Waals surface area contributed by atoms with Gasteiger partial charge in [-0.3, -0.25) is 4.79 Å². The standard InChI is InChI=1S/C32H30FN5O3S2/c1-21-12-14-34-27(16-21)38-32-37-18-28(43-32)42-26-13-15-35-30(29(26)33)31(39)36-17-25(22-8-4-3-5-9-22)24-11-7-6-10-23(24)19-41-20-40-2/h3-16,18,25H,17,19-20H2,1-2H3,(H,36,39)(H,34,37,38). The molecule has 1 atom stereocenters. The maximum Gasteiger partial charge on any atom is 0.273 e. The molecule has 5 rings (SSSR count). The van der Waals surface area contributed by atoms with Gasteiger partial charge in [-0.1, -0.05) is 77.7 Å². The van der Waals surface area contributed by atoms with Gasteiger partial charge < -0.3 is 20.1 Å². The van der Waals surface area contributed by atoms with Crippen LogP contribution in [0.3, 0.4) is 0 Å². The molecule has 0 saturated carbocycles. The van der Waals surface area contributed by atoms with Crippen LogP contribution in [-0.4, -0.2) is 41.3 Å². The number of rotatable bonds is 13. The van der Waals surface area contributed by atoms with Crippen LogP contribution in [0.5, 0.6) is 0 Å². The third-order valence-corrected chi connectivity index (χ3v) is 8.52. The summed E-state index contributed by atoms with van der Waals surface area (Å²) in [6, 6.07) is 23.1. The number of hydrogen-bond acceptors (Lipinski definition) is 9. The molecule has 0 spiro atoms. The number of methoxy groups -OCH3 is 1. The summed E-state index contributed by atoms with van der Waals surface area (Å²) in [4.78, 5) is 26.3. The van der Waals surface area contributed by atoms with E-state index >= 15 is 4.39 Å². The van der Waals surface area contributed by atoms with Crippen molar-refractivity contribution in [1.29, 1.82) is 0 Å². The number of ether oxygens (including phenoxy) is 2. The number of benzene rings is 2. The van der Waals surface area contributed by atoms with E-state index in [2.05, 4.69) is 25.6 Å². The zero-order chi connectivity index (χ0) is 30.0. The van der Waals surface area contributed by atoms with E-state index < -0.39 is 11.7 Å². The second-order valence-electron chi connectivity index (χ2n) is 9.53. The fourth-order valence-corrected chi connectivity index (χ4v) is 6.33. The number of carbonyl (C=O) groups excluding carboxylic acids is 1. The lowest BCUT2D eigenvalue weighted by atomic mass is 9.88. The number of aromatic nitrogens is 3. The van der Waals surface area contributed by atoms with Crippen molar-refractivity contribution in [2.24, 2.45) is 0 Å². The summed E-state index contributed by atoms with van der Waals surface area (Å²) in [5.41, 5.74) is 3.79. The predicted octanol–water partition coefficient (Wildman–Crippen LogP) is 6.96. The van der Waals surface area contributed by atoms with Crippen LogP contribution in [0.4, 0.5) is 15.3 Å². The van der Waals surface area contributed by atoms with Crippen molar-refractivity contribution in [3.8, 4) is 0 Å². The third kappa shape index (κ3) is 8.02. The van der Waals surface area contributed by atoms with Gasteiger partial charge in [0.05, 0.1) is 21.9 Å². The SMILES string of the molecule is COCOCc1ccccc1C(CNC(=O)c1nccc(Sc2cnc(Nc3cc(C)ccn3)s2)c1F)c1ccccc1. The first-order valence-electron chi connectivity index (χ1n) is 13.5. The summed E-state index contributed by atoms with van der Waals surface area (Å²) < 4.78 is 27.0. The number of nitrogens with one attached hydrogen (secondary N) is 2. The van der Waals surface area contributed by atoms with Crippen LogP contribution >= 0.6 is 23.1 Å². The highest BCUT2D eigenvalue weighted by molar-refractivity contribution is 8.01. The Kier molecular flexibility index (Phi) is 10.5. The maximum absolute atomic E-state index is 15.6. The zero-order valence-corrected chi connectivity index (χ0v) is 25.3. The minimum absolute atomic E-state index is 0.170. The second kappa shape index (κ2) is 14.8. The highest BCUT2D eigenvalue weighted by Gasteiger charge is 2.22. The number of pyridine rings is 2. The molecule has 43 heavy (non-hydrogen) atoms. The zero-order valence-electron chi connectivity index (χ0n) is 23.6. The first-order chi connectivity index (χ1) is 21.0. The lowest BCUT2D eigenvalue weighted by molar-refractivity contribution is -0.0392. The van der Waals surface area contributed by atoms with Gasteiger partial charge in [-0.05, 0) is 47.4 Å². The molecule has 3 aromatic heterocycles. The largest absolute Gasteiger partial charge is 0.359 e. The summed E-state index contributed by atoms with van der Waals surface area (Å²) in [5.74, 6) is -0.790. The topological polar surface area (TPSA) is 98.3 Å². The van der Waals surface area contributed by atoms with E-state index in [1.807, 2.05) is 73.7 Å². The van der Waals surface area contributed by atoms with Crippen LogP contribution in [0.1, 0.15) is 38.7 Å². The van der Waals surface area contributed by atoms with Crippen molar-refractivity contribution < 1.29 is 18.7 Å². The monoisotopic (exact) mass is 615 g/mol. The molecule has 1 amide bonds. The number of nitrogens with zero attached hydrogens (tertiary/aromatic N) is 3. The first kappa shape index (κ1) is 30.3. The first-order valence-corrected chi connectivity index (χ1v) is 15.1. The molecule has 3 heterocycles. The highest BCUT2D eigenvalue weighted by Crippen LogP contribution is 2.36. The Morgan fingerprint density at radius 3 is 2.63 bits per heavy atom. The van der Waals surface area contributed by atoms with Gasteiger partial charge in [-0.15, -0.1) is 0 Å². The van der Waals surface area contributed by atoms with E-state index in [9.17, 15) is 4.79 Å². The van der Waals surface area contributed by atoms with Crippen molar-refractivity contribution in [2.75, 3.05) is 25.8 Å². The molecular formula is C32H30FN5O3S2. The van der Waals surface area contributed by atoms with Gasteiger partial charge in [0.25, 0.3) is 5.91 Å². The molecule has 0 aliphatic carbocycles. The minimum atomic E-state index is -0.683. The van der Waals surface area contributed by atoms with Crippen molar-refractivity contribution >= 4 is 40.0 Å². The molecule has 0 fully saturated rings. The molecule has 0 radical (unpaired) electrons. The van der Waals surface area contributed by atoms with Crippen LogP contribution in [0.2, 0.25) is 0 Å². The highest BCUT2D eigenvalue weighted by atomic mass is 32.2. The summed E-state index contributed by atoms with van der Waals surface area (Å²) in [6.45, 7) is 2.74. The van der Waals surface area contributed by atoms with Crippen LogP contribution < -0.4 is 10.6 Å². The summed E-state index contributed by atoms with van der Waals surface area (Å²) in [6.07, 6.45) is 4.82. The van der Waals surface area contributed by atoms with Gasteiger partial charge in [0.2, 0.25) is 0 Å². The average molecular weight is 616 g/mol. The molecule has 0 bridgehead atoms. The molecular weight excluding hydrogens is 586 g/mol. The Bertz CT molecular complexity index is 1670. The third-order valence-electron chi connectivity index (χ3n) is 6.47. The van der Waals surface area contributed by atoms with E-state index in [0.717, 1.165) is 26.5 Å². The van der Waals surface area contributed by atoms with Gasteiger partial charge in [0.15, 0.2) is 16.6 Å². The number of anilines is 2. The smallest absolute Gasteiger partial charge is 0.273 e. The average Bonchev–Trinajstić information content (AvgIpc) is 3.46. The second-order valence-corrected chi connectivity index (χ2v) is 11.9. The van der Waals surface area contributed by atoms with E-state index in [-0.39, 0.29) is 29.8 Å². The molecule has 1 unspecified atom stereocenters. The quantitative estimate of drug-likeness (QED) is 0.108. The maximum atomic E-state index is 15.6. The Balaban J connectivity index is 1.30. The van der Waals surface area contributed by atoms with Crippen LogP contribution in [-0.2, 0) is 16.1 Å². The Morgan fingerprint density at radius 2 is 1.81 bits per heavy atom. The van der Waals surface area contributed by atoms with Crippen molar-refractivity contribution in [2.45, 2.75) is 28.6 Å². The lowest BCUT2D eigenvalue weighted by Crippen LogP contribution is -2.30. The van der Waals surface area contributed by atoms with Gasteiger partial charge in [0, 0.05) is 32.0 Å². The lowest BCUT2D eigenvalue weighted by Gasteiger charge is -2.22. The van der Waals surface area contributed by atoms with Gasteiger partial charge in [-0.2, -0.15) is 0 Å². The van der Waals surface area contributed by atoms with Crippen LogP contribution in [0.25, 0.3) is 0 Å². The van der Waals surface area contributed by atoms with Crippen LogP contribution in [0.15, 0.2) is 100 Å². The molecule has 8 nitrogen and oxygen atoms in total. The Hall–Kier alpha value is -4.16.